The molecule has 2 aromatic rings. The number of anilines is 1. The maximum atomic E-state index is 6.16. The fourth-order valence-corrected chi connectivity index (χ4v) is 6.15. The van der Waals surface area contributed by atoms with E-state index in [0.717, 1.165) is 46.9 Å². The third-order valence-electron chi connectivity index (χ3n) is 6.37. The molecule has 4 heterocycles. The fraction of sp³-hybridized carbons (Fsp3) is 0.684. The Morgan fingerprint density at radius 2 is 1.96 bits per heavy atom. The lowest BCUT2D eigenvalue weighted by Crippen LogP contribution is -2.32. The number of hydrogen-bond acceptors (Lipinski definition) is 6. The van der Waals surface area contributed by atoms with Gasteiger partial charge in [-0.05, 0) is 54.9 Å². The Balaban J connectivity index is 1.19. The predicted molar refractivity (Wildman–Crippen MR) is 106 cm³/mol. The summed E-state index contributed by atoms with van der Waals surface area (Å²) in [5.41, 5.74) is 0. The smallest absolute Gasteiger partial charge is 0.169 e. The van der Waals surface area contributed by atoms with E-state index in [1.807, 2.05) is 0 Å². The molecule has 3 fully saturated rings. The summed E-state index contributed by atoms with van der Waals surface area (Å²) < 4.78 is 6.53. The maximum absolute atomic E-state index is 6.16. The zero-order valence-electron chi connectivity index (χ0n) is 14.9. The van der Waals surface area contributed by atoms with Gasteiger partial charge in [0.05, 0.1) is 4.70 Å². The van der Waals surface area contributed by atoms with Crippen LogP contribution in [0.15, 0.2) is 11.4 Å². The fourth-order valence-electron chi connectivity index (χ4n) is 5.11. The van der Waals surface area contributed by atoms with Gasteiger partial charge in [0.15, 0.2) is 11.0 Å². The van der Waals surface area contributed by atoms with Crippen molar-refractivity contribution in [2.75, 3.05) is 38.2 Å². The first kappa shape index (κ1) is 17.2. The molecule has 0 spiro atoms. The van der Waals surface area contributed by atoms with E-state index in [1.54, 1.807) is 11.3 Å². The molecule has 0 bridgehead atoms. The Labute approximate surface area is 163 Å². The van der Waals surface area contributed by atoms with Gasteiger partial charge in [-0.3, -0.25) is 0 Å². The summed E-state index contributed by atoms with van der Waals surface area (Å²) in [6, 6.07) is 2.60. The summed E-state index contributed by atoms with van der Waals surface area (Å²) in [6.07, 6.45) is 4.96. The van der Waals surface area contributed by atoms with Gasteiger partial charge in [0.25, 0.3) is 0 Å². The van der Waals surface area contributed by atoms with E-state index in [0.29, 0.717) is 11.2 Å². The summed E-state index contributed by atoms with van der Waals surface area (Å²) in [7, 11) is 0. The Kier molecular flexibility index (Phi) is 4.77. The average Bonchev–Trinajstić information content (AvgIpc) is 3.33. The molecule has 0 aromatic carbocycles. The molecule has 3 aliphatic rings. The van der Waals surface area contributed by atoms with E-state index in [4.69, 9.17) is 16.3 Å². The molecule has 1 N–H and O–H groups in total. The molecule has 1 saturated carbocycles. The van der Waals surface area contributed by atoms with Crippen molar-refractivity contribution in [2.45, 2.75) is 31.7 Å². The SMILES string of the molecule is Clc1nnc(N[C@H]2C[C@@H]3CN(CC4CCOCC4)C[C@@H]3C2)c2ccsc12. The van der Waals surface area contributed by atoms with Crippen molar-refractivity contribution in [1.82, 2.24) is 15.1 Å². The monoisotopic (exact) mass is 392 g/mol. The second-order valence-corrected chi connectivity index (χ2v) is 9.38. The molecule has 2 aliphatic heterocycles. The van der Waals surface area contributed by atoms with Crippen LogP contribution in [-0.2, 0) is 4.74 Å². The van der Waals surface area contributed by atoms with E-state index >= 15 is 0 Å². The number of hydrogen-bond donors (Lipinski definition) is 1. The van der Waals surface area contributed by atoms with Crippen LogP contribution in [0.25, 0.3) is 10.1 Å². The molecule has 5 rings (SSSR count). The highest BCUT2D eigenvalue weighted by atomic mass is 35.5. The molecule has 5 nitrogen and oxygen atoms in total. The molecule has 1 aliphatic carbocycles. The van der Waals surface area contributed by atoms with E-state index in [2.05, 4.69) is 31.9 Å². The minimum Gasteiger partial charge on any atom is -0.381 e. The zero-order chi connectivity index (χ0) is 17.5. The molecule has 140 valence electrons. The first-order valence-electron chi connectivity index (χ1n) is 9.72. The standard InChI is InChI=1S/C19H25ClN4OS/c20-18-17-16(3-6-26-17)19(23-22-18)21-15-7-13-10-24(11-14(13)8-15)9-12-1-4-25-5-2-12/h3,6,12-15H,1-2,4-5,7-11H2,(H,21,23)/t13-,14+,15+. The lowest BCUT2D eigenvalue weighted by atomic mass is 10.00. The highest BCUT2D eigenvalue weighted by molar-refractivity contribution is 7.17. The quantitative estimate of drug-likeness (QED) is 0.855. The van der Waals surface area contributed by atoms with Crippen molar-refractivity contribution in [2.24, 2.45) is 17.8 Å². The molecule has 26 heavy (non-hydrogen) atoms. The third-order valence-corrected chi connectivity index (χ3v) is 7.67. The van der Waals surface area contributed by atoms with Gasteiger partial charge < -0.3 is 15.0 Å². The van der Waals surface area contributed by atoms with Crippen molar-refractivity contribution >= 4 is 38.8 Å². The van der Waals surface area contributed by atoms with Gasteiger partial charge in [-0.2, -0.15) is 0 Å². The zero-order valence-corrected chi connectivity index (χ0v) is 16.4. The number of fused-ring (bicyclic) bond motifs is 2. The van der Waals surface area contributed by atoms with Crippen molar-refractivity contribution in [3.8, 4) is 0 Å². The summed E-state index contributed by atoms with van der Waals surface area (Å²) in [4.78, 5) is 2.71. The van der Waals surface area contributed by atoms with Crippen molar-refractivity contribution < 1.29 is 4.74 Å². The van der Waals surface area contributed by atoms with E-state index in [-0.39, 0.29) is 0 Å². The van der Waals surface area contributed by atoms with Crippen molar-refractivity contribution in [1.29, 1.82) is 0 Å². The molecule has 7 heteroatoms. The van der Waals surface area contributed by atoms with Crippen LogP contribution < -0.4 is 5.32 Å². The molecule has 2 aromatic heterocycles. The second kappa shape index (κ2) is 7.23. The van der Waals surface area contributed by atoms with E-state index in [1.165, 1.54) is 45.3 Å². The van der Waals surface area contributed by atoms with Gasteiger partial charge in [-0.25, -0.2) is 0 Å². The first-order chi connectivity index (χ1) is 12.8. The molecule has 0 radical (unpaired) electrons. The van der Waals surface area contributed by atoms with Crippen LogP contribution >= 0.6 is 22.9 Å². The minimum absolute atomic E-state index is 0.507. The van der Waals surface area contributed by atoms with Gasteiger partial charge in [-0.1, -0.05) is 11.6 Å². The molecular formula is C19H25ClN4OS. The molecule has 3 atom stereocenters. The number of likely N-dealkylation sites (tertiary alicyclic amines) is 1. The number of nitrogens with one attached hydrogen (secondary N) is 1. The highest BCUT2D eigenvalue weighted by Gasteiger charge is 2.41. The molecule has 0 unspecified atom stereocenters. The lowest BCUT2D eigenvalue weighted by molar-refractivity contribution is 0.0545. The summed E-state index contributed by atoms with van der Waals surface area (Å²) in [5.74, 6) is 3.39. The Bertz CT molecular complexity index is 764. The second-order valence-electron chi connectivity index (χ2n) is 8.11. The normalized spacial score (nSPS) is 30.1. The summed E-state index contributed by atoms with van der Waals surface area (Å²) in [5, 5.41) is 15.8. The van der Waals surface area contributed by atoms with Crippen LogP contribution in [0.4, 0.5) is 5.82 Å². The minimum atomic E-state index is 0.507. The number of nitrogens with zero attached hydrogens (tertiary/aromatic N) is 3. The van der Waals surface area contributed by atoms with Crippen LogP contribution in [0.3, 0.4) is 0 Å². The third kappa shape index (κ3) is 3.33. The van der Waals surface area contributed by atoms with Crippen LogP contribution in [0, 0.1) is 17.8 Å². The Morgan fingerprint density at radius 1 is 1.19 bits per heavy atom. The van der Waals surface area contributed by atoms with Crippen LogP contribution in [-0.4, -0.2) is 54.0 Å². The highest BCUT2D eigenvalue weighted by Crippen LogP contribution is 2.40. The molecular weight excluding hydrogens is 368 g/mol. The topological polar surface area (TPSA) is 50.3 Å². The predicted octanol–water partition coefficient (Wildman–Crippen LogP) is 3.89. The molecule has 0 amide bonds. The summed E-state index contributed by atoms with van der Waals surface area (Å²) in [6.45, 7) is 5.71. The van der Waals surface area contributed by atoms with Gasteiger partial charge >= 0.3 is 0 Å². The van der Waals surface area contributed by atoms with Crippen LogP contribution in [0.5, 0.6) is 0 Å². The van der Waals surface area contributed by atoms with Crippen LogP contribution in [0.2, 0.25) is 5.15 Å². The van der Waals surface area contributed by atoms with E-state index in [9.17, 15) is 0 Å². The van der Waals surface area contributed by atoms with Crippen molar-refractivity contribution in [3.05, 3.63) is 16.6 Å². The number of halogens is 1. The van der Waals surface area contributed by atoms with E-state index < -0.39 is 0 Å². The average molecular weight is 393 g/mol. The lowest BCUT2D eigenvalue weighted by Gasteiger charge is -2.27. The van der Waals surface area contributed by atoms with Crippen molar-refractivity contribution in [3.63, 3.8) is 0 Å². The summed E-state index contributed by atoms with van der Waals surface area (Å²) >= 11 is 7.79. The van der Waals surface area contributed by atoms with Crippen LogP contribution in [0.1, 0.15) is 25.7 Å². The number of thiophene rings is 1. The largest absolute Gasteiger partial charge is 0.381 e. The first-order valence-corrected chi connectivity index (χ1v) is 11.0. The molecule has 2 saturated heterocycles. The number of rotatable bonds is 4. The Hall–Kier alpha value is -0.950. The van der Waals surface area contributed by atoms with Gasteiger partial charge in [0.1, 0.15) is 0 Å². The number of aromatic nitrogens is 2. The maximum Gasteiger partial charge on any atom is 0.169 e. The Morgan fingerprint density at radius 3 is 2.73 bits per heavy atom. The van der Waals surface area contributed by atoms with Gasteiger partial charge in [0.2, 0.25) is 0 Å². The van der Waals surface area contributed by atoms with Gasteiger partial charge in [-0.15, -0.1) is 21.5 Å². The van der Waals surface area contributed by atoms with Gasteiger partial charge in [0, 0.05) is 44.3 Å². The number of ether oxygens (including phenoxy) is 1.